The van der Waals surface area contributed by atoms with Gasteiger partial charge in [-0.2, -0.15) is 0 Å². The van der Waals surface area contributed by atoms with Crippen LogP contribution >= 0.6 is 11.3 Å². The lowest BCUT2D eigenvalue weighted by Gasteiger charge is -2.15. The highest BCUT2D eigenvalue weighted by atomic mass is 32.1. The van der Waals surface area contributed by atoms with Crippen LogP contribution in [-0.2, 0) is 5.41 Å². The van der Waals surface area contributed by atoms with E-state index in [-0.39, 0.29) is 5.41 Å². The van der Waals surface area contributed by atoms with Gasteiger partial charge in [0.1, 0.15) is 0 Å². The summed E-state index contributed by atoms with van der Waals surface area (Å²) >= 11 is 1.91. The Morgan fingerprint density at radius 3 is 2.50 bits per heavy atom. The molecule has 0 unspecified atom stereocenters. The maximum absolute atomic E-state index is 3.21. The third-order valence-electron chi connectivity index (χ3n) is 2.57. The second kappa shape index (κ2) is 5.65. The van der Waals surface area contributed by atoms with Crippen molar-refractivity contribution >= 4 is 17.4 Å². The molecule has 90 valence electrons. The van der Waals surface area contributed by atoms with Crippen LogP contribution in [0.25, 0.3) is 6.08 Å². The first kappa shape index (κ1) is 13.5. The number of likely N-dealkylation sites (N-methyl/N-ethyl adjacent to an activating group) is 1. The minimum atomic E-state index is 0.270. The molecule has 0 aliphatic heterocycles. The fraction of sp³-hybridized carbons (Fsp3) is 0.571. The first-order valence-corrected chi connectivity index (χ1v) is 6.73. The first-order valence-electron chi connectivity index (χ1n) is 5.91. The van der Waals surface area contributed by atoms with Crippen molar-refractivity contribution in [2.24, 2.45) is 0 Å². The molecular weight excluding hydrogens is 214 g/mol. The molecule has 0 saturated carbocycles. The standard InChI is InChI=1S/C14H23NS/c1-6-11(10-15-5)9-12-7-8-13(16-12)14(2,3)4/h7-9,15H,6,10H2,1-5H3/b11-9-. The van der Waals surface area contributed by atoms with Crippen molar-refractivity contribution in [2.45, 2.75) is 39.5 Å². The Bertz CT molecular complexity index is 355. The van der Waals surface area contributed by atoms with E-state index in [1.54, 1.807) is 0 Å². The van der Waals surface area contributed by atoms with Gasteiger partial charge in [0.05, 0.1) is 0 Å². The highest BCUT2D eigenvalue weighted by molar-refractivity contribution is 7.13. The number of hydrogen-bond acceptors (Lipinski definition) is 2. The van der Waals surface area contributed by atoms with Crippen LogP contribution in [0.15, 0.2) is 17.7 Å². The molecule has 0 aliphatic rings. The van der Waals surface area contributed by atoms with Crippen LogP contribution in [-0.4, -0.2) is 13.6 Å². The summed E-state index contributed by atoms with van der Waals surface area (Å²) in [5, 5.41) is 3.21. The minimum absolute atomic E-state index is 0.270. The molecule has 2 heteroatoms. The lowest BCUT2D eigenvalue weighted by molar-refractivity contribution is 0.604. The van der Waals surface area contributed by atoms with E-state index < -0.39 is 0 Å². The molecule has 1 nitrogen and oxygen atoms in total. The van der Waals surface area contributed by atoms with Gasteiger partial charge in [-0.1, -0.05) is 33.3 Å². The predicted molar refractivity (Wildman–Crippen MR) is 75.2 cm³/mol. The summed E-state index contributed by atoms with van der Waals surface area (Å²) in [7, 11) is 2.00. The molecule has 0 fully saturated rings. The van der Waals surface area contributed by atoms with E-state index in [2.05, 4.69) is 51.2 Å². The average molecular weight is 237 g/mol. The minimum Gasteiger partial charge on any atom is -0.316 e. The Labute approximate surface area is 104 Å². The second-order valence-corrected chi connectivity index (χ2v) is 6.25. The zero-order chi connectivity index (χ0) is 12.2. The lowest BCUT2D eigenvalue weighted by Crippen LogP contribution is -2.09. The molecule has 0 radical (unpaired) electrons. The van der Waals surface area contributed by atoms with E-state index in [9.17, 15) is 0 Å². The van der Waals surface area contributed by atoms with Crippen molar-refractivity contribution in [1.82, 2.24) is 5.32 Å². The largest absolute Gasteiger partial charge is 0.316 e. The molecule has 0 bridgehead atoms. The molecule has 1 heterocycles. The van der Waals surface area contributed by atoms with Gasteiger partial charge in [0, 0.05) is 16.3 Å². The molecule has 0 saturated heterocycles. The number of rotatable bonds is 4. The van der Waals surface area contributed by atoms with E-state index in [1.165, 1.54) is 15.3 Å². The van der Waals surface area contributed by atoms with Crippen LogP contribution in [0.3, 0.4) is 0 Å². The smallest absolute Gasteiger partial charge is 0.0273 e. The Morgan fingerprint density at radius 2 is 2.06 bits per heavy atom. The SMILES string of the molecule is CC/C(=C/c1ccc(C(C)(C)C)s1)CNC. The Kier molecular flexibility index (Phi) is 4.75. The van der Waals surface area contributed by atoms with Crippen LogP contribution < -0.4 is 5.32 Å². The van der Waals surface area contributed by atoms with Gasteiger partial charge < -0.3 is 5.32 Å². The normalized spacial score (nSPS) is 13.2. The molecule has 1 rings (SSSR count). The highest BCUT2D eigenvalue weighted by Gasteiger charge is 2.15. The third kappa shape index (κ3) is 3.76. The van der Waals surface area contributed by atoms with Crippen LogP contribution in [0.4, 0.5) is 0 Å². The third-order valence-corrected chi connectivity index (χ3v) is 4.03. The summed E-state index contributed by atoms with van der Waals surface area (Å²) in [6.45, 7) is 9.99. The van der Waals surface area contributed by atoms with Crippen molar-refractivity contribution in [2.75, 3.05) is 13.6 Å². The summed E-state index contributed by atoms with van der Waals surface area (Å²) in [5.41, 5.74) is 1.73. The van der Waals surface area contributed by atoms with Gasteiger partial charge in [0.25, 0.3) is 0 Å². The van der Waals surface area contributed by atoms with E-state index in [1.807, 2.05) is 18.4 Å². The van der Waals surface area contributed by atoms with Gasteiger partial charge in [-0.05, 0) is 37.1 Å². The fourth-order valence-electron chi connectivity index (χ4n) is 1.54. The average Bonchev–Trinajstić information content (AvgIpc) is 2.65. The van der Waals surface area contributed by atoms with Gasteiger partial charge in [-0.15, -0.1) is 11.3 Å². The molecule has 16 heavy (non-hydrogen) atoms. The Morgan fingerprint density at radius 1 is 1.38 bits per heavy atom. The molecule has 0 aliphatic carbocycles. The molecule has 0 aromatic carbocycles. The van der Waals surface area contributed by atoms with Crippen molar-refractivity contribution in [3.05, 3.63) is 27.5 Å². The van der Waals surface area contributed by atoms with Crippen LogP contribution in [0.2, 0.25) is 0 Å². The number of hydrogen-bond donors (Lipinski definition) is 1. The van der Waals surface area contributed by atoms with Crippen LogP contribution in [0.1, 0.15) is 43.9 Å². The van der Waals surface area contributed by atoms with Gasteiger partial charge in [0.15, 0.2) is 0 Å². The Hall–Kier alpha value is -0.600. The van der Waals surface area contributed by atoms with Gasteiger partial charge in [-0.3, -0.25) is 0 Å². The van der Waals surface area contributed by atoms with Crippen LogP contribution in [0, 0.1) is 0 Å². The molecule has 0 spiro atoms. The monoisotopic (exact) mass is 237 g/mol. The first-order chi connectivity index (χ1) is 7.47. The summed E-state index contributed by atoms with van der Waals surface area (Å²) in [6.07, 6.45) is 3.43. The van der Waals surface area contributed by atoms with Crippen LogP contribution in [0.5, 0.6) is 0 Å². The van der Waals surface area contributed by atoms with Gasteiger partial charge >= 0.3 is 0 Å². The van der Waals surface area contributed by atoms with Crippen molar-refractivity contribution in [3.63, 3.8) is 0 Å². The summed E-state index contributed by atoms with van der Waals surface area (Å²) in [4.78, 5) is 2.83. The maximum atomic E-state index is 3.21. The summed E-state index contributed by atoms with van der Waals surface area (Å²) in [6, 6.07) is 4.49. The maximum Gasteiger partial charge on any atom is 0.0273 e. The van der Waals surface area contributed by atoms with E-state index in [0.29, 0.717) is 0 Å². The van der Waals surface area contributed by atoms with Gasteiger partial charge in [0.2, 0.25) is 0 Å². The molecule has 1 aromatic heterocycles. The van der Waals surface area contributed by atoms with E-state index in [0.717, 1.165) is 13.0 Å². The zero-order valence-electron chi connectivity index (χ0n) is 11.1. The van der Waals surface area contributed by atoms with Crippen molar-refractivity contribution in [3.8, 4) is 0 Å². The summed E-state index contributed by atoms with van der Waals surface area (Å²) in [5.74, 6) is 0. The topological polar surface area (TPSA) is 12.0 Å². The summed E-state index contributed by atoms with van der Waals surface area (Å²) < 4.78 is 0. The quantitative estimate of drug-likeness (QED) is 0.832. The lowest BCUT2D eigenvalue weighted by atomic mass is 9.95. The number of thiophene rings is 1. The Balaban J connectivity index is 2.85. The molecule has 1 aromatic rings. The second-order valence-electron chi connectivity index (χ2n) is 5.14. The predicted octanol–water partition coefficient (Wildman–Crippen LogP) is 4.06. The van der Waals surface area contributed by atoms with Gasteiger partial charge in [-0.25, -0.2) is 0 Å². The molecule has 0 amide bonds. The number of nitrogens with one attached hydrogen (secondary N) is 1. The van der Waals surface area contributed by atoms with E-state index in [4.69, 9.17) is 0 Å². The molecule has 1 N–H and O–H groups in total. The highest BCUT2D eigenvalue weighted by Crippen LogP contribution is 2.30. The van der Waals surface area contributed by atoms with Crippen molar-refractivity contribution < 1.29 is 0 Å². The molecular formula is C14H23NS. The van der Waals surface area contributed by atoms with E-state index >= 15 is 0 Å². The fourth-order valence-corrected chi connectivity index (χ4v) is 2.60. The van der Waals surface area contributed by atoms with Crippen molar-refractivity contribution in [1.29, 1.82) is 0 Å². The molecule has 0 atom stereocenters. The zero-order valence-corrected chi connectivity index (χ0v) is 11.9.